The van der Waals surface area contributed by atoms with E-state index >= 15 is 0 Å². The Morgan fingerprint density at radius 3 is 2.70 bits per heavy atom. The SMILES string of the molecule is Cc1sc2nc(C(C)C)n(Cc3cccc(F)c3)c(=O)c2c1C. The van der Waals surface area contributed by atoms with E-state index in [0.717, 1.165) is 26.7 Å². The number of hydrogen-bond donors (Lipinski definition) is 0. The Morgan fingerprint density at radius 1 is 1.30 bits per heavy atom. The largest absolute Gasteiger partial charge is 0.291 e. The number of nitrogens with zero attached hydrogens (tertiary/aromatic N) is 2. The molecule has 0 aliphatic rings. The van der Waals surface area contributed by atoms with Gasteiger partial charge in [-0.05, 0) is 37.1 Å². The van der Waals surface area contributed by atoms with Crippen molar-refractivity contribution in [3.63, 3.8) is 0 Å². The first-order valence-corrected chi connectivity index (χ1v) is 8.45. The van der Waals surface area contributed by atoms with Gasteiger partial charge >= 0.3 is 0 Å². The molecule has 0 unspecified atom stereocenters. The van der Waals surface area contributed by atoms with Crippen molar-refractivity contribution in [3.8, 4) is 0 Å². The predicted octanol–water partition coefficient (Wildman–Crippen LogP) is 4.39. The highest BCUT2D eigenvalue weighted by atomic mass is 32.1. The molecule has 0 fully saturated rings. The monoisotopic (exact) mass is 330 g/mol. The van der Waals surface area contributed by atoms with Crippen LogP contribution in [0, 0.1) is 19.7 Å². The minimum absolute atomic E-state index is 0.0372. The van der Waals surface area contributed by atoms with Crippen LogP contribution in [-0.2, 0) is 6.54 Å². The number of thiophene rings is 1. The van der Waals surface area contributed by atoms with Gasteiger partial charge < -0.3 is 0 Å². The lowest BCUT2D eigenvalue weighted by Gasteiger charge is -2.15. The molecule has 0 saturated carbocycles. The van der Waals surface area contributed by atoms with Crippen molar-refractivity contribution >= 4 is 21.6 Å². The molecule has 2 heterocycles. The van der Waals surface area contributed by atoms with Gasteiger partial charge in [-0.2, -0.15) is 0 Å². The summed E-state index contributed by atoms with van der Waals surface area (Å²) < 4.78 is 15.1. The third kappa shape index (κ3) is 2.81. The van der Waals surface area contributed by atoms with E-state index < -0.39 is 0 Å². The van der Waals surface area contributed by atoms with Crippen molar-refractivity contribution in [2.45, 2.75) is 40.2 Å². The molecule has 5 heteroatoms. The van der Waals surface area contributed by atoms with Gasteiger partial charge in [0.15, 0.2) is 0 Å². The van der Waals surface area contributed by atoms with Crippen molar-refractivity contribution in [2.75, 3.05) is 0 Å². The van der Waals surface area contributed by atoms with E-state index in [9.17, 15) is 9.18 Å². The van der Waals surface area contributed by atoms with Gasteiger partial charge in [-0.25, -0.2) is 9.37 Å². The molecule has 0 amide bonds. The number of aryl methyl sites for hydroxylation is 2. The van der Waals surface area contributed by atoms with E-state index in [4.69, 9.17) is 4.98 Å². The Kier molecular flexibility index (Phi) is 4.06. The maximum Gasteiger partial charge on any atom is 0.262 e. The quantitative estimate of drug-likeness (QED) is 0.714. The summed E-state index contributed by atoms with van der Waals surface area (Å²) in [6.45, 7) is 8.33. The molecule has 0 aliphatic heterocycles. The summed E-state index contributed by atoms with van der Waals surface area (Å²) in [6, 6.07) is 6.36. The summed E-state index contributed by atoms with van der Waals surface area (Å²) in [4.78, 5) is 19.6. The highest BCUT2D eigenvalue weighted by molar-refractivity contribution is 7.18. The van der Waals surface area contributed by atoms with E-state index in [1.807, 2.05) is 33.8 Å². The van der Waals surface area contributed by atoms with Gasteiger partial charge in [-0.15, -0.1) is 11.3 Å². The lowest BCUT2D eigenvalue weighted by atomic mass is 10.1. The van der Waals surface area contributed by atoms with Crippen LogP contribution in [0.25, 0.3) is 10.2 Å². The molecule has 0 bridgehead atoms. The lowest BCUT2D eigenvalue weighted by Crippen LogP contribution is -2.26. The van der Waals surface area contributed by atoms with Gasteiger partial charge in [0.25, 0.3) is 5.56 Å². The summed E-state index contributed by atoms with van der Waals surface area (Å²) in [5.41, 5.74) is 1.72. The Labute approximate surface area is 138 Å². The molecule has 0 radical (unpaired) electrons. The molecule has 0 spiro atoms. The van der Waals surface area contributed by atoms with Gasteiger partial charge in [-0.3, -0.25) is 9.36 Å². The third-order valence-corrected chi connectivity index (χ3v) is 5.17. The molecule has 120 valence electrons. The second-order valence-corrected chi connectivity index (χ2v) is 7.31. The van der Waals surface area contributed by atoms with Crippen LogP contribution in [0.4, 0.5) is 4.39 Å². The first-order valence-electron chi connectivity index (χ1n) is 7.63. The fourth-order valence-corrected chi connectivity index (χ4v) is 3.78. The molecule has 0 atom stereocenters. The van der Waals surface area contributed by atoms with Crippen LogP contribution in [-0.4, -0.2) is 9.55 Å². The Bertz CT molecular complexity index is 940. The second-order valence-electron chi connectivity index (χ2n) is 6.11. The number of benzene rings is 1. The molecule has 3 rings (SSSR count). The van der Waals surface area contributed by atoms with Crippen LogP contribution in [0.1, 0.15) is 41.6 Å². The summed E-state index contributed by atoms with van der Waals surface area (Å²) in [6.07, 6.45) is 0. The molecule has 2 aromatic heterocycles. The van der Waals surface area contributed by atoms with E-state index in [2.05, 4.69) is 0 Å². The van der Waals surface area contributed by atoms with Gasteiger partial charge in [-0.1, -0.05) is 26.0 Å². The number of rotatable bonds is 3. The average Bonchev–Trinajstić information content (AvgIpc) is 2.77. The minimum atomic E-state index is -0.293. The lowest BCUT2D eigenvalue weighted by molar-refractivity contribution is 0.612. The van der Waals surface area contributed by atoms with Crippen molar-refractivity contribution in [2.24, 2.45) is 0 Å². The predicted molar refractivity (Wildman–Crippen MR) is 92.9 cm³/mol. The highest BCUT2D eigenvalue weighted by Crippen LogP contribution is 2.27. The molecule has 0 saturated heterocycles. The zero-order valence-corrected chi connectivity index (χ0v) is 14.5. The summed E-state index contributed by atoms with van der Waals surface area (Å²) in [7, 11) is 0. The van der Waals surface area contributed by atoms with Crippen molar-refractivity contribution in [1.29, 1.82) is 0 Å². The molecule has 0 N–H and O–H groups in total. The van der Waals surface area contributed by atoms with Crippen molar-refractivity contribution in [1.82, 2.24) is 9.55 Å². The summed E-state index contributed by atoms with van der Waals surface area (Å²) in [5, 5.41) is 0.688. The van der Waals surface area contributed by atoms with E-state index in [-0.39, 0.29) is 17.3 Å². The van der Waals surface area contributed by atoms with Crippen LogP contribution in [0.15, 0.2) is 29.1 Å². The molecule has 3 aromatic rings. The smallest absolute Gasteiger partial charge is 0.262 e. The number of aromatic nitrogens is 2. The third-order valence-electron chi connectivity index (χ3n) is 4.06. The highest BCUT2D eigenvalue weighted by Gasteiger charge is 2.18. The number of hydrogen-bond acceptors (Lipinski definition) is 3. The topological polar surface area (TPSA) is 34.9 Å². The molecule has 3 nitrogen and oxygen atoms in total. The molecule has 1 aromatic carbocycles. The van der Waals surface area contributed by atoms with E-state index in [0.29, 0.717) is 11.9 Å². The molecule has 0 aliphatic carbocycles. The van der Waals surface area contributed by atoms with E-state index in [1.165, 1.54) is 12.1 Å². The van der Waals surface area contributed by atoms with Gasteiger partial charge in [0.05, 0.1) is 11.9 Å². The first kappa shape index (κ1) is 15.9. The summed E-state index contributed by atoms with van der Waals surface area (Å²) in [5.74, 6) is 0.564. The van der Waals surface area contributed by atoms with Gasteiger partial charge in [0.2, 0.25) is 0 Å². The van der Waals surface area contributed by atoms with Gasteiger partial charge in [0.1, 0.15) is 16.5 Å². The molecular formula is C18H19FN2OS. The minimum Gasteiger partial charge on any atom is -0.291 e. The molecular weight excluding hydrogens is 311 g/mol. The maximum atomic E-state index is 13.4. The molecule has 23 heavy (non-hydrogen) atoms. The maximum absolute atomic E-state index is 13.4. The normalized spacial score (nSPS) is 11.6. The van der Waals surface area contributed by atoms with Crippen LogP contribution >= 0.6 is 11.3 Å². The zero-order valence-electron chi connectivity index (χ0n) is 13.7. The standard InChI is InChI=1S/C18H19FN2OS/c1-10(2)16-20-17-15(11(3)12(4)23-17)18(22)21(16)9-13-6-5-7-14(19)8-13/h5-8,10H,9H2,1-4H3. The van der Waals surface area contributed by atoms with Crippen molar-refractivity contribution < 1.29 is 4.39 Å². The number of fused-ring (bicyclic) bond motifs is 1. The Hall–Kier alpha value is -2.01. The van der Waals surface area contributed by atoms with Crippen LogP contribution in [0.2, 0.25) is 0 Å². The van der Waals surface area contributed by atoms with Crippen LogP contribution in [0.5, 0.6) is 0 Å². The van der Waals surface area contributed by atoms with Crippen molar-refractivity contribution in [3.05, 3.63) is 62.3 Å². The van der Waals surface area contributed by atoms with Gasteiger partial charge in [0, 0.05) is 10.8 Å². The Morgan fingerprint density at radius 2 is 2.04 bits per heavy atom. The van der Waals surface area contributed by atoms with Crippen LogP contribution in [0.3, 0.4) is 0 Å². The van der Waals surface area contributed by atoms with E-state index in [1.54, 1.807) is 22.0 Å². The Balaban J connectivity index is 2.25. The second kappa shape index (κ2) is 5.89. The van der Waals surface area contributed by atoms with Crippen LogP contribution < -0.4 is 5.56 Å². The fourth-order valence-electron chi connectivity index (χ4n) is 2.75. The average molecular weight is 330 g/mol. The first-order chi connectivity index (χ1) is 10.9. The fraction of sp³-hybridized carbons (Fsp3) is 0.333. The number of halogens is 1. The zero-order chi connectivity index (χ0) is 16.7. The summed E-state index contributed by atoms with van der Waals surface area (Å²) >= 11 is 1.56.